The largest absolute Gasteiger partial charge is 0.444 e. The third kappa shape index (κ3) is 4.72. The van der Waals surface area contributed by atoms with Gasteiger partial charge >= 0.3 is 6.09 Å². The van der Waals surface area contributed by atoms with Crippen LogP contribution in [0.5, 0.6) is 0 Å². The van der Waals surface area contributed by atoms with Gasteiger partial charge in [-0.05, 0) is 51.5 Å². The molecular formula is C18H23N3O3. The average molecular weight is 329 g/mol. The number of carbonyl (C=O) groups excluding carboxylic acids is 2. The Morgan fingerprint density at radius 3 is 2.21 bits per heavy atom. The number of rotatable bonds is 1. The van der Waals surface area contributed by atoms with Crippen LogP contribution in [0.3, 0.4) is 0 Å². The summed E-state index contributed by atoms with van der Waals surface area (Å²) in [4.78, 5) is 28.1. The van der Waals surface area contributed by atoms with E-state index in [1.54, 1.807) is 34.1 Å². The van der Waals surface area contributed by atoms with Gasteiger partial charge in [0, 0.05) is 31.7 Å². The second-order valence-corrected chi connectivity index (χ2v) is 6.80. The lowest BCUT2D eigenvalue weighted by Gasteiger charge is -2.26. The van der Waals surface area contributed by atoms with Crippen molar-refractivity contribution in [1.29, 1.82) is 5.26 Å². The quantitative estimate of drug-likeness (QED) is 0.794. The summed E-state index contributed by atoms with van der Waals surface area (Å²) in [6, 6.07) is 8.64. The Morgan fingerprint density at radius 2 is 1.62 bits per heavy atom. The molecule has 2 amide bonds. The summed E-state index contributed by atoms with van der Waals surface area (Å²) < 4.78 is 5.39. The Hall–Kier alpha value is -2.55. The Labute approximate surface area is 142 Å². The van der Waals surface area contributed by atoms with E-state index in [0.717, 1.165) is 0 Å². The number of benzene rings is 1. The van der Waals surface area contributed by atoms with Crippen LogP contribution in [0.15, 0.2) is 24.3 Å². The lowest BCUT2D eigenvalue weighted by Crippen LogP contribution is -2.40. The zero-order valence-electron chi connectivity index (χ0n) is 14.4. The van der Waals surface area contributed by atoms with Crippen molar-refractivity contribution in [3.05, 3.63) is 35.4 Å². The topological polar surface area (TPSA) is 73.6 Å². The summed E-state index contributed by atoms with van der Waals surface area (Å²) in [5, 5.41) is 8.82. The summed E-state index contributed by atoms with van der Waals surface area (Å²) in [5.74, 6) is -0.0782. The van der Waals surface area contributed by atoms with Crippen molar-refractivity contribution in [3.8, 4) is 6.07 Å². The van der Waals surface area contributed by atoms with Crippen molar-refractivity contribution >= 4 is 12.0 Å². The van der Waals surface area contributed by atoms with Crippen molar-refractivity contribution < 1.29 is 14.3 Å². The third-order valence-electron chi connectivity index (χ3n) is 3.70. The van der Waals surface area contributed by atoms with E-state index >= 15 is 0 Å². The minimum absolute atomic E-state index is 0.0782. The lowest BCUT2D eigenvalue weighted by atomic mass is 10.1. The smallest absolute Gasteiger partial charge is 0.410 e. The zero-order chi connectivity index (χ0) is 17.7. The van der Waals surface area contributed by atoms with E-state index in [1.165, 1.54) is 0 Å². The molecule has 24 heavy (non-hydrogen) atoms. The summed E-state index contributed by atoms with van der Waals surface area (Å²) in [6.07, 6.45) is 0.372. The fourth-order valence-electron chi connectivity index (χ4n) is 2.50. The van der Waals surface area contributed by atoms with Gasteiger partial charge in [-0.2, -0.15) is 5.26 Å². The third-order valence-corrected chi connectivity index (χ3v) is 3.70. The molecule has 0 spiro atoms. The lowest BCUT2D eigenvalue weighted by molar-refractivity contribution is 0.0255. The predicted octanol–water partition coefficient (Wildman–Crippen LogP) is 2.64. The molecule has 0 saturated carbocycles. The Balaban J connectivity index is 1.98. The van der Waals surface area contributed by atoms with Gasteiger partial charge in [-0.3, -0.25) is 4.79 Å². The molecule has 6 heteroatoms. The molecular weight excluding hydrogens is 306 g/mol. The van der Waals surface area contributed by atoms with Crippen LogP contribution >= 0.6 is 0 Å². The molecule has 128 valence electrons. The van der Waals surface area contributed by atoms with Gasteiger partial charge in [-0.1, -0.05) is 0 Å². The van der Waals surface area contributed by atoms with Crippen LogP contribution in [-0.4, -0.2) is 53.6 Å². The van der Waals surface area contributed by atoms with Gasteiger partial charge in [0.15, 0.2) is 0 Å². The minimum Gasteiger partial charge on any atom is -0.444 e. The summed E-state index contributed by atoms with van der Waals surface area (Å²) >= 11 is 0. The molecule has 0 bridgehead atoms. The zero-order valence-corrected chi connectivity index (χ0v) is 14.4. The molecule has 1 aromatic rings. The van der Waals surface area contributed by atoms with Crippen molar-refractivity contribution in [1.82, 2.24) is 9.80 Å². The minimum atomic E-state index is -0.526. The van der Waals surface area contributed by atoms with Gasteiger partial charge in [0.05, 0.1) is 11.6 Å². The van der Waals surface area contributed by atoms with E-state index in [2.05, 4.69) is 0 Å². The fourth-order valence-corrected chi connectivity index (χ4v) is 2.50. The van der Waals surface area contributed by atoms with Gasteiger partial charge < -0.3 is 14.5 Å². The normalized spacial score (nSPS) is 15.4. The molecule has 0 N–H and O–H groups in total. The van der Waals surface area contributed by atoms with E-state index in [1.807, 2.05) is 26.8 Å². The maximum atomic E-state index is 12.6. The number of amides is 2. The highest BCUT2D eigenvalue weighted by Crippen LogP contribution is 2.14. The van der Waals surface area contributed by atoms with Gasteiger partial charge in [-0.25, -0.2) is 4.79 Å². The van der Waals surface area contributed by atoms with Crippen molar-refractivity contribution in [2.24, 2.45) is 0 Å². The number of hydrogen-bond donors (Lipinski definition) is 0. The molecule has 1 aliphatic heterocycles. The van der Waals surface area contributed by atoms with Crippen LogP contribution in [0.1, 0.15) is 43.1 Å². The molecule has 1 aliphatic rings. The standard InChI is InChI=1S/C18H23N3O3/c1-18(2,3)24-17(23)21-10-4-9-20(11-12-21)16(22)15-7-5-14(13-19)6-8-15/h5-8H,4,9-12H2,1-3H3. The van der Waals surface area contributed by atoms with Crippen LogP contribution in [0.2, 0.25) is 0 Å². The van der Waals surface area contributed by atoms with E-state index in [9.17, 15) is 9.59 Å². The van der Waals surface area contributed by atoms with Crippen LogP contribution in [0.4, 0.5) is 4.79 Å². The van der Waals surface area contributed by atoms with Crippen LogP contribution < -0.4 is 0 Å². The van der Waals surface area contributed by atoms with Crippen molar-refractivity contribution in [2.75, 3.05) is 26.2 Å². The first-order valence-corrected chi connectivity index (χ1v) is 8.07. The first kappa shape index (κ1) is 17.8. The molecule has 0 aromatic heterocycles. The molecule has 1 aromatic carbocycles. The average Bonchev–Trinajstić information content (AvgIpc) is 2.79. The molecule has 6 nitrogen and oxygen atoms in total. The molecule has 0 atom stereocenters. The predicted molar refractivity (Wildman–Crippen MR) is 89.5 cm³/mol. The van der Waals surface area contributed by atoms with Crippen molar-refractivity contribution in [2.45, 2.75) is 32.8 Å². The summed E-state index contributed by atoms with van der Waals surface area (Å²) in [5.41, 5.74) is 0.555. The number of hydrogen-bond acceptors (Lipinski definition) is 4. The fraction of sp³-hybridized carbons (Fsp3) is 0.500. The highest BCUT2D eigenvalue weighted by atomic mass is 16.6. The number of nitriles is 1. The van der Waals surface area contributed by atoms with E-state index in [4.69, 9.17) is 10.00 Å². The second kappa shape index (κ2) is 7.35. The molecule has 0 unspecified atom stereocenters. The molecule has 0 radical (unpaired) electrons. The Morgan fingerprint density at radius 1 is 1.04 bits per heavy atom. The van der Waals surface area contributed by atoms with Crippen LogP contribution in [0, 0.1) is 11.3 Å². The monoisotopic (exact) mass is 329 g/mol. The molecule has 2 rings (SSSR count). The first-order valence-electron chi connectivity index (χ1n) is 8.07. The highest BCUT2D eigenvalue weighted by molar-refractivity contribution is 5.94. The molecule has 0 aliphatic carbocycles. The van der Waals surface area contributed by atoms with Gasteiger partial charge in [0.25, 0.3) is 5.91 Å². The van der Waals surface area contributed by atoms with Crippen LogP contribution in [0.25, 0.3) is 0 Å². The SMILES string of the molecule is CC(C)(C)OC(=O)N1CCCN(C(=O)c2ccc(C#N)cc2)CC1. The first-order chi connectivity index (χ1) is 11.3. The molecule has 1 saturated heterocycles. The summed E-state index contributed by atoms with van der Waals surface area (Å²) in [7, 11) is 0. The number of nitrogens with zero attached hydrogens (tertiary/aromatic N) is 3. The number of carbonyl (C=O) groups is 2. The number of ether oxygens (including phenoxy) is 1. The molecule has 1 heterocycles. The maximum absolute atomic E-state index is 12.6. The Bertz CT molecular complexity index is 641. The van der Waals surface area contributed by atoms with E-state index in [0.29, 0.717) is 43.7 Å². The van der Waals surface area contributed by atoms with E-state index in [-0.39, 0.29) is 12.0 Å². The van der Waals surface area contributed by atoms with Crippen LogP contribution in [-0.2, 0) is 4.74 Å². The highest BCUT2D eigenvalue weighted by Gasteiger charge is 2.26. The van der Waals surface area contributed by atoms with Crippen molar-refractivity contribution in [3.63, 3.8) is 0 Å². The van der Waals surface area contributed by atoms with Gasteiger partial charge in [-0.15, -0.1) is 0 Å². The maximum Gasteiger partial charge on any atom is 0.410 e. The van der Waals surface area contributed by atoms with Gasteiger partial charge in [0.1, 0.15) is 5.60 Å². The Kier molecular flexibility index (Phi) is 5.45. The second-order valence-electron chi connectivity index (χ2n) is 6.80. The van der Waals surface area contributed by atoms with Gasteiger partial charge in [0.2, 0.25) is 0 Å². The van der Waals surface area contributed by atoms with E-state index < -0.39 is 5.60 Å². The molecule has 1 fully saturated rings. The summed E-state index contributed by atoms with van der Waals surface area (Å²) in [6.45, 7) is 7.61.